The third-order valence-electron chi connectivity index (χ3n) is 6.41. The van der Waals surface area contributed by atoms with Gasteiger partial charge in [-0.15, -0.1) is 5.54 Å². The van der Waals surface area contributed by atoms with Crippen LogP contribution >= 0.6 is 0 Å². The quantitative estimate of drug-likeness (QED) is 0.403. The SMILES string of the molecule is CC(=O)N(C)c1ccc(-c2ncccc2C)c(C#C[Si](C(C)C)(C(C)C)C(C)C)c1. The number of hydrogen-bond acceptors (Lipinski definition) is 2. The maximum atomic E-state index is 11.9. The van der Waals surface area contributed by atoms with Crippen LogP contribution in [0, 0.1) is 18.4 Å². The van der Waals surface area contributed by atoms with Gasteiger partial charge in [-0.25, -0.2) is 0 Å². The Labute approximate surface area is 183 Å². The van der Waals surface area contributed by atoms with Crippen molar-refractivity contribution >= 4 is 19.7 Å². The summed E-state index contributed by atoms with van der Waals surface area (Å²) in [5.41, 5.74) is 10.4. The van der Waals surface area contributed by atoms with Crippen molar-refractivity contribution in [2.75, 3.05) is 11.9 Å². The van der Waals surface area contributed by atoms with Gasteiger partial charge >= 0.3 is 0 Å². The summed E-state index contributed by atoms with van der Waals surface area (Å²) in [5.74, 6) is 3.60. The molecular weight excluding hydrogens is 384 g/mol. The van der Waals surface area contributed by atoms with Crippen molar-refractivity contribution in [2.24, 2.45) is 0 Å². The molecule has 3 nitrogen and oxygen atoms in total. The van der Waals surface area contributed by atoms with Crippen LogP contribution in [0.15, 0.2) is 36.5 Å². The highest BCUT2D eigenvalue weighted by Gasteiger charge is 2.41. The molecule has 0 bridgehead atoms. The van der Waals surface area contributed by atoms with E-state index in [0.29, 0.717) is 16.6 Å². The number of benzene rings is 1. The van der Waals surface area contributed by atoms with Crippen LogP contribution in [0.5, 0.6) is 0 Å². The third kappa shape index (κ3) is 4.68. The molecule has 4 heteroatoms. The molecule has 0 spiro atoms. The van der Waals surface area contributed by atoms with Crippen LogP contribution in [0.1, 0.15) is 59.6 Å². The summed E-state index contributed by atoms with van der Waals surface area (Å²) in [6.07, 6.45) is 1.82. The lowest BCUT2D eigenvalue weighted by Crippen LogP contribution is -2.43. The van der Waals surface area contributed by atoms with Gasteiger partial charge in [0.25, 0.3) is 0 Å². The zero-order chi connectivity index (χ0) is 22.6. The van der Waals surface area contributed by atoms with Crippen molar-refractivity contribution in [1.82, 2.24) is 4.98 Å². The van der Waals surface area contributed by atoms with Crippen molar-refractivity contribution in [3.63, 3.8) is 0 Å². The summed E-state index contributed by atoms with van der Waals surface area (Å²) in [6, 6.07) is 10.1. The molecule has 0 saturated heterocycles. The van der Waals surface area contributed by atoms with E-state index < -0.39 is 8.07 Å². The fourth-order valence-corrected chi connectivity index (χ4v) is 9.83. The van der Waals surface area contributed by atoms with Crippen LogP contribution in [0.25, 0.3) is 11.3 Å². The van der Waals surface area contributed by atoms with Gasteiger partial charge in [0, 0.05) is 37.0 Å². The smallest absolute Gasteiger partial charge is 0.223 e. The van der Waals surface area contributed by atoms with Gasteiger partial charge in [-0.3, -0.25) is 9.78 Å². The van der Waals surface area contributed by atoms with E-state index in [1.165, 1.54) is 0 Å². The zero-order valence-electron chi connectivity index (χ0n) is 20.0. The van der Waals surface area contributed by atoms with Crippen molar-refractivity contribution < 1.29 is 4.79 Å². The number of anilines is 1. The highest BCUT2D eigenvalue weighted by atomic mass is 28.3. The van der Waals surface area contributed by atoms with Crippen LogP contribution in [0.3, 0.4) is 0 Å². The van der Waals surface area contributed by atoms with Gasteiger partial charge in [-0.1, -0.05) is 53.5 Å². The van der Waals surface area contributed by atoms with Crippen LogP contribution in [-0.4, -0.2) is 26.0 Å². The Kier molecular flexibility index (Phi) is 7.66. The molecule has 0 aliphatic carbocycles. The maximum Gasteiger partial charge on any atom is 0.223 e. The fourth-order valence-electron chi connectivity index (χ4n) is 4.61. The molecule has 0 fully saturated rings. The minimum Gasteiger partial charge on any atom is -0.316 e. The summed E-state index contributed by atoms with van der Waals surface area (Å²) in [4.78, 5) is 18.2. The monoisotopic (exact) mass is 420 g/mol. The Morgan fingerprint density at radius 2 is 1.63 bits per heavy atom. The zero-order valence-corrected chi connectivity index (χ0v) is 21.0. The Bertz CT molecular complexity index is 945. The second kappa shape index (κ2) is 9.62. The van der Waals surface area contributed by atoms with Crippen LogP contribution in [0.4, 0.5) is 5.69 Å². The summed E-state index contributed by atoms with van der Waals surface area (Å²) in [7, 11) is -0.0748. The number of nitrogens with zero attached hydrogens (tertiary/aromatic N) is 2. The van der Waals surface area contributed by atoms with Crippen LogP contribution in [0.2, 0.25) is 16.6 Å². The molecule has 0 aliphatic rings. The Morgan fingerprint density at radius 3 is 2.13 bits per heavy atom. The first-order chi connectivity index (χ1) is 14.0. The third-order valence-corrected chi connectivity index (χ3v) is 12.7. The lowest BCUT2D eigenvalue weighted by molar-refractivity contribution is -0.116. The number of carbonyl (C=O) groups excluding carboxylic acids is 1. The van der Waals surface area contributed by atoms with E-state index in [1.807, 2.05) is 24.4 Å². The van der Waals surface area contributed by atoms with Crippen molar-refractivity contribution in [3.8, 4) is 22.7 Å². The molecule has 0 radical (unpaired) electrons. The molecule has 0 N–H and O–H groups in total. The number of carbonyl (C=O) groups is 1. The highest BCUT2D eigenvalue weighted by Crippen LogP contribution is 2.41. The molecular formula is C26H36N2OSi. The molecule has 2 rings (SSSR count). The van der Waals surface area contributed by atoms with E-state index in [1.54, 1.807) is 18.9 Å². The van der Waals surface area contributed by atoms with Crippen LogP contribution < -0.4 is 4.90 Å². The topological polar surface area (TPSA) is 33.2 Å². The summed E-state index contributed by atoms with van der Waals surface area (Å²) >= 11 is 0. The van der Waals surface area contributed by atoms with Crippen molar-refractivity contribution in [1.29, 1.82) is 0 Å². The fraction of sp³-hybridized carbons (Fsp3) is 0.462. The normalized spacial score (nSPS) is 11.6. The van der Waals surface area contributed by atoms with E-state index in [2.05, 4.69) is 77.0 Å². The Hall–Kier alpha value is -2.38. The van der Waals surface area contributed by atoms with E-state index in [4.69, 9.17) is 0 Å². The number of aromatic nitrogens is 1. The lowest BCUT2D eigenvalue weighted by atomic mass is 10.0. The van der Waals surface area contributed by atoms with E-state index in [9.17, 15) is 4.79 Å². The van der Waals surface area contributed by atoms with Crippen molar-refractivity contribution in [3.05, 3.63) is 47.7 Å². The number of pyridine rings is 1. The van der Waals surface area contributed by atoms with Gasteiger partial charge in [0.15, 0.2) is 0 Å². The molecule has 1 amide bonds. The van der Waals surface area contributed by atoms with Gasteiger partial charge in [0.2, 0.25) is 5.91 Å². The first-order valence-corrected chi connectivity index (χ1v) is 13.1. The molecule has 30 heavy (non-hydrogen) atoms. The summed E-state index contributed by atoms with van der Waals surface area (Å²) in [5, 5.41) is 0. The minimum absolute atomic E-state index is 0.00550. The number of rotatable bonds is 5. The second-order valence-electron chi connectivity index (χ2n) is 9.12. The number of aryl methyl sites for hydroxylation is 1. The van der Waals surface area contributed by atoms with Gasteiger partial charge in [0.05, 0.1) is 5.69 Å². The second-order valence-corrected chi connectivity index (χ2v) is 14.7. The first-order valence-electron chi connectivity index (χ1n) is 10.9. The van der Waals surface area contributed by atoms with Gasteiger partial charge in [-0.05, 0) is 53.4 Å². The minimum atomic E-state index is -1.88. The van der Waals surface area contributed by atoms with Crippen molar-refractivity contribution in [2.45, 2.75) is 72.0 Å². The average molecular weight is 421 g/mol. The molecule has 0 unspecified atom stereocenters. The predicted octanol–water partition coefficient (Wildman–Crippen LogP) is 6.61. The lowest BCUT2D eigenvalue weighted by Gasteiger charge is -2.38. The molecule has 160 valence electrons. The predicted molar refractivity (Wildman–Crippen MR) is 131 cm³/mol. The molecule has 1 heterocycles. The molecule has 1 aromatic heterocycles. The Morgan fingerprint density at radius 1 is 1.03 bits per heavy atom. The summed E-state index contributed by atoms with van der Waals surface area (Å²) in [6.45, 7) is 17.6. The molecule has 0 aliphatic heterocycles. The summed E-state index contributed by atoms with van der Waals surface area (Å²) < 4.78 is 0. The van der Waals surface area contributed by atoms with Gasteiger partial charge < -0.3 is 4.90 Å². The molecule has 0 saturated carbocycles. The van der Waals surface area contributed by atoms with Crippen LogP contribution in [-0.2, 0) is 4.79 Å². The maximum absolute atomic E-state index is 11.9. The Balaban J connectivity index is 2.76. The standard InChI is InChI=1S/C26H36N2OSi/c1-18(2)30(19(3)4,20(5)6)16-14-23-17-24(28(9)22(8)29)12-13-25(23)26-21(7)11-10-15-27-26/h10-13,15,17-20H,1-9H3. The molecule has 2 aromatic rings. The van der Waals surface area contributed by atoms with E-state index in [-0.39, 0.29) is 5.91 Å². The number of hydrogen-bond donors (Lipinski definition) is 0. The average Bonchev–Trinajstić information content (AvgIpc) is 2.67. The van der Waals surface area contributed by atoms with E-state index in [0.717, 1.165) is 28.1 Å². The first kappa shape index (κ1) is 23.9. The highest BCUT2D eigenvalue weighted by molar-refractivity contribution is 6.90. The molecule has 1 aromatic carbocycles. The van der Waals surface area contributed by atoms with Gasteiger partial charge in [-0.2, -0.15) is 0 Å². The number of amides is 1. The van der Waals surface area contributed by atoms with E-state index >= 15 is 0 Å². The largest absolute Gasteiger partial charge is 0.316 e. The molecule has 0 atom stereocenters. The van der Waals surface area contributed by atoms with Gasteiger partial charge in [0.1, 0.15) is 8.07 Å².